The van der Waals surface area contributed by atoms with Crippen LogP contribution in [0.3, 0.4) is 0 Å². The fourth-order valence-electron chi connectivity index (χ4n) is 3.63. The molecular weight excluding hydrogens is 455 g/mol. The first-order valence-electron chi connectivity index (χ1n) is 10.5. The first-order valence-corrected chi connectivity index (χ1v) is 12.0. The number of nitrogens with one attached hydrogen (secondary N) is 1. The monoisotopic (exact) mass is 478 g/mol. The number of nitrogens with two attached hydrogens (primary N) is 1. The van der Waals surface area contributed by atoms with Gasteiger partial charge in [0.05, 0.1) is 29.6 Å². The number of aliphatic hydroxyl groups is 1. The molecule has 4 aromatic rings. The molecule has 7 nitrogen and oxygen atoms in total. The van der Waals surface area contributed by atoms with E-state index < -0.39 is 21.9 Å². The van der Waals surface area contributed by atoms with E-state index in [9.17, 15) is 17.9 Å². The van der Waals surface area contributed by atoms with Gasteiger partial charge in [-0.2, -0.15) is 0 Å². The highest BCUT2D eigenvalue weighted by atomic mass is 32.2. The quantitative estimate of drug-likeness (QED) is 0.357. The number of rotatable bonds is 8. The number of hydrogen-bond acceptors (Lipinski definition) is 6. The average Bonchev–Trinajstić information content (AvgIpc) is 2.85. The van der Waals surface area contributed by atoms with Crippen LogP contribution in [-0.2, 0) is 16.4 Å². The highest BCUT2D eigenvalue weighted by Gasteiger charge is 2.23. The van der Waals surface area contributed by atoms with Crippen molar-refractivity contribution in [3.63, 3.8) is 0 Å². The maximum Gasteiger partial charge on any atom is 0.241 e. The summed E-state index contributed by atoms with van der Waals surface area (Å²) in [6.45, 7) is -0.373. The molecule has 1 aromatic heterocycles. The van der Waals surface area contributed by atoms with Crippen LogP contribution in [0.4, 0.5) is 10.2 Å². The third-order valence-corrected chi connectivity index (χ3v) is 6.85. The molecule has 0 saturated heterocycles. The summed E-state index contributed by atoms with van der Waals surface area (Å²) in [5.41, 5.74) is 7.68. The van der Waals surface area contributed by atoms with Crippen molar-refractivity contribution in [1.82, 2.24) is 14.7 Å². The molecule has 0 saturated carbocycles. The molecule has 0 amide bonds. The minimum atomic E-state index is -4.02. The van der Waals surface area contributed by atoms with E-state index in [2.05, 4.69) is 14.7 Å². The first kappa shape index (κ1) is 23.5. The number of nitrogen functional groups attached to an aromatic ring is 1. The Hall–Kier alpha value is -3.66. The standard InChI is InChI=1S/C25H23FN4O3S/c26-22-13-18(10-11-21(22)23-14-29-25(27)15-28-23)20-8-4-5-9-24(20)34(32,33)30-19(16-31)12-17-6-2-1-3-7-17/h1-11,13-15,19,30-31H,12,16H2,(H2,27,29). The molecule has 4 N–H and O–H groups in total. The molecule has 0 bridgehead atoms. The summed E-state index contributed by atoms with van der Waals surface area (Å²) >= 11 is 0. The van der Waals surface area contributed by atoms with Crippen LogP contribution in [0.1, 0.15) is 5.56 Å². The summed E-state index contributed by atoms with van der Waals surface area (Å²) in [4.78, 5) is 8.00. The van der Waals surface area contributed by atoms with Crippen LogP contribution in [0.15, 0.2) is 90.1 Å². The van der Waals surface area contributed by atoms with Crippen molar-refractivity contribution in [3.05, 3.63) is 96.6 Å². The molecule has 0 fully saturated rings. The van der Waals surface area contributed by atoms with Gasteiger partial charge in [0.25, 0.3) is 0 Å². The SMILES string of the molecule is Nc1cnc(-c2ccc(-c3ccccc3S(=O)(=O)NC(CO)Cc3ccccc3)cc2F)cn1. The van der Waals surface area contributed by atoms with Crippen molar-refractivity contribution in [2.45, 2.75) is 17.4 Å². The van der Waals surface area contributed by atoms with Gasteiger partial charge >= 0.3 is 0 Å². The summed E-state index contributed by atoms with van der Waals surface area (Å²) in [5, 5.41) is 9.78. The third kappa shape index (κ3) is 5.28. The van der Waals surface area contributed by atoms with Crippen LogP contribution in [0, 0.1) is 5.82 Å². The van der Waals surface area contributed by atoms with E-state index in [0.29, 0.717) is 23.2 Å². The van der Waals surface area contributed by atoms with E-state index in [-0.39, 0.29) is 22.9 Å². The predicted molar refractivity (Wildman–Crippen MR) is 129 cm³/mol. The zero-order valence-electron chi connectivity index (χ0n) is 18.1. The van der Waals surface area contributed by atoms with Gasteiger partial charge in [-0.15, -0.1) is 0 Å². The number of nitrogens with zero attached hydrogens (tertiary/aromatic N) is 2. The smallest absolute Gasteiger partial charge is 0.241 e. The predicted octanol–water partition coefficient (Wildman–Crippen LogP) is 3.41. The molecule has 1 atom stereocenters. The van der Waals surface area contributed by atoms with Crippen LogP contribution < -0.4 is 10.5 Å². The van der Waals surface area contributed by atoms with Crippen molar-refractivity contribution in [3.8, 4) is 22.4 Å². The zero-order valence-corrected chi connectivity index (χ0v) is 18.9. The maximum atomic E-state index is 15.0. The highest BCUT2D eigenvalue weighted by molar-refractivity contribution is 7.89. The lowest BCUT2D eigenvalue weighted by molar-refractivity contribution is 0.256. The molecule has 34 heavy (non-hydrogen) atoms. The lowest BCUT2D eigenvalue weighted by atomic mass is 10.0. The molecule has 3 aromatic carbocycles. The number of aromatic nitrogens is 2. The van der Waals surface area contributed by atoms with Crippen molar-refractivity contribution in [2.75, 3.05) is 12.3 Å². The van der Waals surface area contributed by atoms with Gasteiger partial charge in [-0.3, -0.25) is 4.98 Å². The van der Waals surface area contributed by atoms with Crippen LogP contribution in [0.5, 0.6) is 0 Å². The molecule has 1 heterocycles. The van der Waals surface area contributed by atoms with Gasteiger partial charge < -0.3 is 10.8 Å². The maximum absolute atomic E-state index is 15.0. The fraction of sp³-hybridized carbons (Fsp3) is 0.120. The molecule has 0 radical (unpaired) electrons. The van der Waals surface area contributed by atoms with E-state index >= 15 is 0 Å². The summed E-state index contributed by atoms with van der Waals surface area (Å²) < 4.78 is 44.0. The Bertz CT molecular complexity index is 1380. The van der Waals surface area contributed by atoms with Gasteiger partial charge in [-0.1, -0.05) is 54.6 Å². The summed E-state index contributed by atoms with van der Waals surface area (Å²) in [6, 6.07) is 19.3. The number of benzene rings is 3. The molecule has 1 unspecified atom stereocenters. The molecule has 0 aliphatic heterocycles. The molecule has 4 rings (SSSR count). The summed E-state index contributed by atoms with van der Waals surface area (Å²) in [6.07, 6.45) is 3.03. The van der Waals surface area contributed by atoms with Gasteiger partial charge in [0.1, 0.15) is 11.6 Å². The summed E-state index contributed by atoms with van der Waals surface area (Å²) in [5.74, 6) is -0.352. The average molecular weight is 479 g/mol. The van der Waals surface area contributed by atoms with Gasteiger partial charge in [0.2, 0.25) is 10.0 Å². The van der Waals surface area contributed by atoms with E-state index in [1.807, 2.05) is 30.3 Å². The van der Waals surface area contributed by atoms with Gasteiger partial charge in [0.15, 0.2) is 0 Å². The van der Waals surface area contributed by atoms with Crippen LogP contribution in [0.2, 0.25) is 0 Å². The first-order chi connectivity index (χ1) is 16.4. The number of aliphatic hydroxyl groups excluding tert-OH is 1. The number of sulfonamides is 1. The molecule has 0 aliphatic rings. The highest BCUT2D eigenvalue weighted by Crippen LogP contribution is 2.31. The Morgan fingerprint density at radius 1 is 0.941 bits per heavy atom. The van der Waals surface area contributed by atoms with E-state index in [1.54, 1.807) is 24.3 Å². The fourth-order valence-corrected chi connectivity index (χ4v) is 5.09. The van der Waals surface area contributed by atoms with Crippen LogP contribution in [-0.4, -0.2) is 36.1 Å². The van der Waals surface area contributed by atoms with E-state index in [0.717, 1.165) is 5.56 Å². The Morgan fingerprint density at radius 3 is 2.35 bits per heavy atom. The molecule has 9 heteroatoms. The van der Waals surface area contributed by atoms with Crippen molar-refractivity contribution >= 4 is 15.8 Å². The van der Waals surface area contributed by atoms with Crippen molar-refractivity contribution in [2.24, 2.45) is 0 Å². The second-order valence-electron chi connectivity index (χ2n) is 7.71. The van der Waals surface area contributed by atoms with Crippen LogP contribution >= 0.6 is 0 Å². The summed E-state index contributed by atoms with van der Waals surface area (Å²) in [7, 11) is -4.02. The number of hydrogen-bond donors (Lipinski definition) is 3. The second kappa shape index (κ2) is 10.1. The second-order valence-corrected chi connectivity index (χ2v) is 9.39. The third-order valence-electron chi connectivity index (χ3n) is 5.27. The number of halogens is 1. The lowest BCUT2D eigenvalue weighted by Crippen LogP contribution is -2.39. The van der Waals surface area contributed by atoms with Gasteiger partial charge in [-0.05, 0) is 35.7 Å². The molecular formula is C25H23FN4O3S. The zero-order chi connectivity index (χ0) is 24.1. The molecule has 174 valence electrons. The van der Waals surface area contributed by atoms with E-state index in [1.165, 1.54) is 30.6 Å². The molecule has 0 spiro atoms. The minimum absolute atomic E-state index is 0.0130. The Balaban J connectivity index is 1.64. The van der Waals surface area contributed by atoms with Gasteiger partial charge in [-0.25, -0.2) is 22.5 Å². The van der Waals surface area contributed by atoms with Gasteiger partial charge in [0, 0.05) is 17.2 Å². The topological polar surface area (TPSA) is 118 Å². The Morgan fingerprint density at radius 2 is 1.68 bits per heavy atom. The molecule has 0 aliphatic carbocycles. The largest absolute Gasteiger partial charge is 0.395 e. The lowest BCUT2D eigenvalue weighted by Gasteiger charge is -2.18. The normalized spacial score (nSPS) is 12.4. The van der Waals surface area contributed by atoms with E-state index in [4.69, 9.17) is 5.73 Å². The number of anilines is 1. The van der Waals surface area contributed by atoms with Crippen molar-refractivity contribution < 1.29 is 17.9 Å². The van der Waals surface area contributed by atoms with Crippen LogP contribution in [0.25, 0.3) is 22.4 Å². The minimum Gasteiger partial charge on any atom is -0.395 e. The Kier molecular flexibility index (Phi) is 6.97. The van der Waals surface area contributed by atoms with Crippen molar-refractivity contribution in [1.29, 1.82) is 0 Å². The Labute approximate surface area is 197 Å².